The number of likely N-dealkylation sites (N-methyl/N-ethyl adjacent to an activating group) is 1. The molecule has 0 heterocycles. The summed E-state index contributed by atoms with van der Waals surface area (Å²) >= 11 is 11.7. The Kier molecular flexibility index (Phi) is 7.12. The number of benzene rings is 2. The van der Waals surface area contributed by atoms with Gasteiger partial charge in [-0.2, -0.15) is 0 Å². The van der Waals surface area contributed by atoms with Crippen LogP contribution in [0.4, 0.5) is 20.2 Å². The number of anilines is 2. The summed E-state index contributed by atoms with van der Waals surface area (Å²) in [6.07, 6.45) is 0. The average Bonchev–Trinajstić information content (AvgIpc) is 2.59. The molecule has 1 atom stereocenters. The van der Waals surface area contributed by atoms with Gasteiger partial charge in [-0.05, 0) is 44.3 Å². The number of amides is 2. The van der Waals surface area contributed by atoms with Crippen LogP contribution in [0.2, 0.25) is 10.0 Å². The molecular weight excluding hydrogens is 399 g/mol. The van der Waals surface area contributed by atoms with Crippen molar-refractivity contribution < 1.29 is 18.4 Å². The third kappa shape index (κ3) is 5.89. The fourth-order valence-electron chi connectivity index (χ4n) is 2.17. The van der Waals surface area contributed by atoms with Gasteiger partial charge in [0, 0.05) is 11.8 Å². The van der Waals surface area contributed by atoms with E-state index in [1.165, 1.54) is 11.0 Å². The molecule has 2 aromatic rings. The highest BCUT2D eigenvalue weighted by Crippen LogP contribution is 2.25. The van der Waals surface area contributed by atoms with Gasteiger partial charge < -0.3 is 10.6 Å². The Morgan fingerprint density at radius 3 is 2.41 bits per heavy atom. The van der Waals surface area contributed by atoms with Gasteiger partial charge in [-0.25, -0.2) is 8.78 Å². The van der Waals surface area contributed by atoms with Crippen molar-refractivity contribution in [2.45, 2.75) is 13.0 Å². The predicted molar refractivity (Wildman–Crippen MR) is 102 cm³/mol. The highest BCUT2D eigenvalue weighted by molar-refractivity contribution is 6.42. The third-order valence-electron chi connectivity index (χ3n) is 3.83. The second-order valence-corrected chi connectivity index (χ2v) is 6.70. The van der Waals surface area contributed by atoms with E-state index in [4.69, 9.17) is 23.2 Å². The summed E-state index contributed by atoms with van der Waals surface area (Å²) in [5.41, 5.74) is 0.329. The van der Waals surface area contributed by atoms with Crippen molar-refractivity contribution in [2.24, 2.45) is 0 Å². The summed E-state index contributed by atoms with van der Waals surface area (Å²) < 4.78 is 26.6. The van der Waals surface area contributed by atoms with Crippen molar-refractivity contribution in [1.29, 1.82) is 0 Å². The molecule has 0 bridgehead atoms. The number of nitrogens with zero attached hydrogens (tertiary/aromatic N) is 1. The monoisotopic (exact) mass is 415 g/mol. The number of hydrogen-bond donors (Lipinski definition) is 2. The van der Waals surface area contributed by atoms with Gasteiger partial charge in [0.1, 0.15) is 11.6 Å². The molecule has 2 N–H and O–H groups in total. The minimum atomic E-state index is -0.879. The van der Waals surface area contributed by atoms with Crippen molar-refractivity contribution in [1.82, 2.24) is 4.90 Å². The molecule has 0 fully saturated rings. The lowest BCUT2D eigenvalue weighted by atomic mass is 10.2. The van der Waals surface area contributed by atoms with Gasteiger partial charge in [-0.3, -0.25) is 14.5 Å². The number of rotatable bonds is 6. The summed E-state index contributed by atoms with van der Waals surface area (Å²) in [5, 5.41) is 5.68. The molecule has 27 heavy (non-hydrogen) atoms. The average molecular weight is 416 g/mol. The number of nitrogens with one attached hydrogen (secondary N) is 2. The molecule has 0 aliphatic rings. The largest absolute Gasteiger partial charge is 0.325 e. The summed E-state index contributed by atoms with van der Waals surface area (Å²) in [5.74, 6) is -2.53. The molecule has 2 aromatic carbocycles. The third-order valence-corrected chi connectivity index (χ3v) is 4.56. The Labute approximate surface area is 165 Å². The normalized spacial score (nSPS) is 12.0. The van der Waals surface area contributed by atoms with E-state index in [0.717, 1.165) is 12.1 Å². The van der Waals surface area contributed by atoms with Gasteiger partial charge in [-0.1, -0.05) is 23.2 Å². The minimum Gasteiger partial charge on any atom is -0.325 e. The Bertz CT molecular complexity index is 864. The SMILES string of the molecule is CC(C(=O)Nc1ccc(F)cc1F)N(C)CC(=O)Nc1ccc(Cl)c(Cl)c1. The molecule has 2 amide bonds. The van der Waals surface area contributed by atoms with Crippen LogP contribution in [0.15, 0.2) is 36.4 Å². The van der Waals surface area contributed by atoms with Crippen LogP contribution in [0.25, 0.3) is 0 Å². The quantitative estimate of drug-likeness (QED) is 0.743. The van der Waals surface area contributed by atoms with Gasteiger partial charge in [0.05, 0.1) is 28.3 Å². The topological polar surface area (TPSA) is 61.4 Å². The molecule has 0 aliphatic heterocycles. The van der Waals surface area contributed by atoms with Crippen molar-refractivity contribution >= 4 is 46.4 Å². The standard InChI is InChI=1S/C18H17Cl2F2N3O2/c1-10(18(27)24-16-6-3-11(21)7-15(16)22)25(2)9-17(26)23-12-4-5-13(19)14(20)8-12/h3-8,10H,9H2,1-2H3,(H,23,26)(H,24,27). The van der Waals surface area contributed by atoms with E-state index in [2.05, 4.69) is 10.6 Å². The highest BCUT2D eigenvalue weighted by Gasteiger charge is 2.21. The number of halogens is 4. The lowest BCUT2D eigenvalue weighted by Crippen LogP contribution is -2.43. The van der Waals surface area contributed by atoms with Crippen LogP contribution in [0.5, 0.6) is 0 Å². The number of carbonyl (C=O) groups is 2. The maximum Gasteiger partial charge on any atom is 0.241 e. The molecule has 144 valence electrons. The van der Waals surface area contributed by atoms with Crippen LogP contribution in [0.1, 0.15) is 6.92 Å². The maximum absolute atomic E-state index is 13.6. The van der Waals surface area contributed by atoms with E-state index in [1.807, 2.05) is 0 Å². The van der Waals surface area contributed by atoms with Gasteiger partial charge in [0.15, 0.2) is 0 Å². The molecule has 1 unspecified atom stereocenters. The Hall–Kier alpha value is -2.22. The van der Waals surface area contributed by atoms with E-state index in [1.54, 1.807) is 26.1 Å². The van der Waals surface area contributed by atoms with Crippen LogP contribution in [0.3, 0.4) is 0 Å². The first kappa shape index (κ1) is 21.1. The zero-order chi connectivity index (χ0) is 20.1. The molecule has 9 heteroatoms. The van der Waals surface area contributed by atoms with Crippen LogP contribution in [0, 0.1) is 11.6 Å². The molecule has 0 saturated heterocycles. The first-order valence-corrected chi connectivity index (χ1v) is 8.64. The van der Waals surface area contributed by atoms with Crippen LogP contribution in [-0.2, 0) is 9.59 Å². The lowest BCUT2D eigenvalue weighted by Gasteiger charge is -2.23. The zero-order valence-corrected chi connectivity index (χ0v) is 16.0. The van der Waals surface area contributed by atoms with Crippen LogP contribution >= 0.6 is 23.2 Å². The first-order valence-electron chi connectivity index (χ1n) is 7.88. The van der Waals surface area contributed by atoms with Crippen molar-refractivity contribution in [3.05, 3.63) is 58.1 Å². The molecule has 2 rings (SSSR count). The second-order valence-electron chi connectivity index (χ2n) is 5.88. The summed E-state index contributed by atoms with van der Waals surface area (Å²) in [4.78, 5) is 25.8. The summed E-state index contributed by atoms with van der Waals surface area (Å²) in [6.45, 7) is 1.46. The maximum atomic E-state index is 13.6. The summed E-state index contributed by atoms with van der Waals surface area (Å²) in [6, 6.07) is 6.76. The fraction of sp³-hybridized carbons (Fsp3) is 0.222. The van der Waals surface area contributed by atoms with E-state index >= 15 is 0 Å². The number of carbonyl (C=O) groups excluding carboxylic acids is 2. The van der Waals surface area contributed by atoms with E-state index in [9.17, 15) is 18.4 Å². The molecule has 0 saturated carbocycles. The van der Waals surface area contributed by atoms with Crippen molar-refractivity contribution in [3.63, 3.8) is 0 Å². The fourth-order valence-corrected chi connectivity index (χ4v) is 2.46. The van der Waals surface area contributed by atoms with Gasteiger partial charge in [-0.15, -0.1) is 0 Å². The zero-order valence-electron chi connectivity index (χ0n) is 14.5. The van der Waals surface area contributed by atoms with Gasteiger partial charge >= 0.3 is 0 Å². The second kappa shape index (κ2) is 9.12. The smallest absolute Gasteiger partial charge is 0.241 e. The molecule has 0 radical (unpaired) electrons. The van der Waals surface area contributed by atoms with Crippen molar-refractivity contribution in [3.8, 4) is 0 Å². The highest BCUT2D eigenvalue weighted by atomic mass is 35.5. The van der Waals surface area contributed by atoms with E-state index in [0.29, 0.717) is 21.8 Å². The summed E-state index contributed by atoms with van der Waals surface area (Å²) in [7, 11) is 1.57. The molecule has 0 aliphatic carbocycles. The van der Waals surface area contributed by atoms with Gasteiger partial charge in [0.25, 0.3) is 0 Å². The predicted octanol–water partition coefficient (Wildman–Crippen LogP) is 4.17. The van der Waals surface area contributed by atoms with Crippen LogP contribution in [-0.4, -0.2) is 36.3 Å². The van der Waals surface area contributed by atoms with Crippen molar-refractivity contribution in [2.75, 3.05) is 24.2 Å². The molecule has 0 aromatic heterocycles. The molecular formula is C18H17Cl2F2N3O2. The Balaban J connectivity index is 1.93. The van der Waals surface area contributed by atoms with E-state index < -0.39 is 23.6 Å². The first-order chi connectivity index (χ1) is 12.7. The molecule has 5 nitrogen and oxygen atoms in total. The minimum absolute atomic E-state index is 0.0965. The van der Waals surface area contributed by atoms with Crippen LogP contribution < -0.4 is 10.6 Å². The van der Waals surface area contributed by atoms with Gasteiger partial charge in [0.2, 0.25) is 11.8 Å². The molecule has 0 spiro atoms. The Morgan fingerprint density at radius 2 is 1.78 bits per heavy atom. The van der Waals surface area contributed by atoms with E-state index in [-0.39, 0.29) is 18.1 Å². The Morgan fingerprint density at radius 1 is 1.07 bits per heavy atom. The number of hydrogen-bond acceptors (Lipinski definition) is 3. The lowest BCUT2D eigenvalue weighted by molar-refractivity contribution is -0.122.